The van der Waals surface area contributed by atoms with Gasteiger partial charge < -0.3 is 10.8 Å². The third kappa shape index (κ3) is 2.83. The zero-order valence-electron chi connectivity index (χ0n) is 9.20. The second-order valence-electron chi connectivity index (χ2n) is 3.32. The third-order valence-electron chi connectivity index (χ3n) is 2.05. The number of hydrogen-bond donors (Lipinski definition) is 3. The summed E-state index contributed by atoms with van der Waals surface area (Å²) in [5.74, 6) is -0.575. The van der Waals surface area contributed by atoms with Gasteiger partial charge in [-0.15, -0.1) is 0 Å². The lowest BCUT2D eigenvalue weighted by Crippen LogP contribution is -2.17. The van der Waals surface area contributed by atoms with E-state index in [1.807, 2.05) is 0 Å². The van der Waals surface area contributed by atoms with Gasteiger partial charge in [0, 0.05) is 6.20 Å². The molecule has 92 valence electrons. The van der Waals surface area contributed by atoms with Crippen molar-refractivity contribution in [3.05, 3.63) is 40.9 Å². The molecular weight excluding hydrogens is 252 g/mol. The van der Waals surface area contributed by atoms with Gasteiger partial charge in [-0.25, -0.2) is 10.4 Å². The summed E-state index contributed by atoms with van der Waals surface area (Å²) >= 11 is 1.26. The second kappa shape index (κ2) is 5.28. The Labute approximate surface area is 107 Å². The van der Waals surface area contributed by atoms with Gasteiger partial charge in [-0.1, -0.05) is 23.5 Å². The van der Waals surface area contributed by atoms with Gasteiger partial charge in [-0.05, 0) is 12.1 Å². The number of hydrogen-bond acceptors (Lipinski definition) is 6. The van der Waals surface area contributed by atoms with E-state index in [-0.39, 0.29) is 11.3 Å². The molecule has 1 heterocycles. The van der Waals surface area contributed by atoms with Crippen LogP contribution in [0.4, 0.5) is 5.13 Å². The largest absolute Gasteiger partial charge is 0.507 e. The Bertz CT molecular complexity index is 594. The molecule has 4 N–H and O–H groups in total. The van der Waals surface area contributed by atoms with Crippen molar-refractivity contribution in [2.24, 2.45) is 5.10 Å². The van der Waals surface area contributed by atoms with E-state index < -0.39 is 5.91 Å². The Morgan fingerprint density at radius 3 is 2.94 bits per heavy atom. The number of aromatic hydroxyl groups is 1. The highest BCUT2D eigenvalue weighted by molar-refractivity contribution is 7.16. The highest BCUT2D eigenvalue weighted by atomic mass is 32.1. The molecule has 0 saturated heterocycles. The smallest absolute Gasteiger partial charge is 0.275 e. The van der Waals surface area contributed by atoms with Gasteiger partial charge in [0.25, 0.3) is 5.91 Å². The fraction of sp³-hybridized carbons (Fsp3) is 0. The van der Waals surface area contributed by atoms with Gasteiger partial charge >= 0.3 is 0 Å². The molecular formula is C11H10N4O2S. The van der Waals surface area contributed by atoms with Crippen molar-refractivity contribution >= 4 is 28.6 Å². The normalized spacial score (nSPS) is 10.7. The molecule has 0 radical (unpaired) electrons. The maximum Gasteiger partial charge on any atom is 0.275 e. The van der Waals surface area contributed by atoms with Crippen LogP contribution in [-0.4, -0.2) is 22.2 Å². The zero-order valence-corrected chi connectivity index (χ0v) is 10.0. The lowest BCUT2D eigenvalue weighted by molar-refractivity contribution is 0.0952. The number of carbonyl (C=O) groups excluding carboxylic acids is 1. The number of amides is 1. The lowest BCUT2D eigenvalue weighted by Gasteiger charge is -2.01. The minimum Gasteiger partial charge on any atom is -0.507 e. The number of nitrogen functional groups attached to an aromatic ring is 1. The molecule has 0 fully saturated rings. The number of para-hydroxylation sites is 1. The van der Waals surface area contributed by atoms with E-state index in [0.29, 0.717) is 5.13 Å². The van der Waals surface area contributed by atoms with Crippen molar-refractivity contribution in [1.82, 2.24) is 10.4 Å². The van der Waals surface area contributed by atoms with E-state index >= 15 is 0 Å². The number of nitrogens with two attached hydrogens (primary N) is 1. The van der Waals surface area contributed by atoms with E-state index in [2.05, 4.69) is 15.5 Å². The molecule has 0 aliphatic heterocycles. The molecule has 0 atom stereocenters. The predicted octanol–water partition coefficient (Wildman–Crippen LogP) is 1.19. The van der Waals surface area contributed by atoms with Gasteiger partial charge in [-0.3, -0.25) is 4.79 Å². The number of thiazole rings is 1. The fourth-order valence-corrected chi connectivity index (χ4v) is 1.80. The van der Waals surface area contributed by atoms with Crippen molar-refractivity contribution in [1.29, 1.82) is 0 Å². The summed E-state index contributed by atoms with van der Waals surface area (Å²) < 4.78 is 0. The number of nitrogens with one attached hydrogen (secondary N) is 1. The van der Waals surface area contributed by atoms with Crippen LogP contribution in [0.5, 0.6) is 5.75 Å². The first-order valence-corrected chi connectivity index (χ1v) is 5.81. The number of phenols is 1. The first-order valence-electron chi connectivity index (χ1n) is 4.99. The summed E-state index contributed by atoms with van der Waals surface area (Å²) in [7, 11) is 0. The molecule has 2 aromatic rings. The third-order valence-corrected chi connectivity index (χ3v) is 2.81. The molecule has 0 unspecified atom stereocenters. The molecule has 7 heteroatoms. The SMILES string of the molecule is Nc1ncc(/C=N/NC(=O)c2ccccc2O)s1. The fourth-order valence-electron chi connectivity index (χ4n) is 1.24. The number of carbonyl (C=O) groups is 1. The Balaban J connectivity index is 2.01. The number of phenolic OH excluding ortho intramolecular Hbond substituents is 1. The number of anilines is 1. The Hall–Kier alpha value is -2.41. The van der Waals surface area contributed by atoms with Gasteiger partial charge in [0.15, 0.2) is 5.13 Å². The average Bonchev–Trinajstić information content (AvgIpc) is 2.75. The summed E-state index contributed by atoms with van der Waals surface area (Å²) in [4.78, 5) is 16.2. The number of hydrazone groups is 1. The summed E-state index contributed by atoms with van der Waals surface area (Å²) in [5.41, 5.74) is 7.92. The molecule has 18 heavy (non-hydrogen) atoms. The molecule has 0 spiro atoms. The van der Waals surface area contributed by atoms with E-state index in [1.165, 1.54) is 29.7 Å². The van der Waals surface area contributed by atoms with Crippen molar-refractivity contribution in [3.8, 4) is 5.75 Å². The molecule has 6 nitrogen and oxygen atoms in total. The molecule has 0 saturated carbocycles. The van der Waals surface area contributed by atoms with Crippen LogP contribution < -0.4 is 11.2 Å². The summed E-state index contributed by atoms with van der Waals surface area (Å²) in [5, 5.41) is 13.6. The average molecular weight is 262 g/mol. The van der Waals surface area contributed by atoms with Crippen LogP contribution in [0.25, 0.3) is 0 Å². The van der Waals surface area contributed by atoms with E-state index in [0.717, 1.165) is 4.88 Å². The highest BCUT2D eigenvalue weighted by Gasteiger charge is 2.08. The molecule has 1 aromatic carbocycles. The van der Waals surface area contributed by atoms with E-state index in [9.17, 15) is 9.90 Å². The van der Waals surface area contributed by atoms with Crippen molar-refractivity contribution in [2.75, 3.05) is 5.73 Å². The zero-order chi connectivity index (χ0) is 13.0. The van der Waals surface area contributed by atoms with Crippen LogP contribution in [0.1, 0.15) is 15.2 Å². The van der Waals surface area contributed by atoms with Gasteiger partial charge in [0.2, 0.25) is 0 Å². The topological polar surface area (TPSA) is 101 Å². The van der Waals surface area contributed by atoms with Crippen LogP contribution in [0.15, 0.2) is 35.6 Å². The van der Waals surface area contributed by atoms with Crippen LogP contribution in [-0.2, 0) is 0 Å². The Morgan fingerprint density at radius 2 is 2.28 bits per heavy atom. The van der Waals surface area contributed by atoms with Crippen LogP contribution in [0.2, 0.25) is 0 Å². The van der Waals surface area contributed by atoms with Gasteiger partial charge in [-0.2, -0.15) is 5.10 Å². The highest BCUT2D eigenvalue weighted by Crippen LogP contribution is 2.15. The molecule has 1 aromatic heterocycles. The molecule has 0 aliphatic carbocycles. The first-order chi connectivity index (χ1) is 8.66. The van der Waals surface area contributed by atoms with Crippen molar-refractivity contribution in [3.63, 3.8) is 0 Å². The number of nitrogens with zero attached hydrogens (tertiary/aromatic N) is 2. The lowest BCUT2D eigenvalue weighted by atomic mass is 10.2. The van der Waals surface area contributed by atoms with Gasteiger partial charge in [0.05, 0.1) is 16.7 Å². The van der Waals surface area contributed by atoms with Crippen molar-refractivity contribution < 1.29 is 9.90 Å². The number of aromatic nitrogens is 1. The summed E-state index contributed by atoms with van der Waals surface area (Å²) in [6, 6.07) is 6.23. The van der Waals surface area contributed by atoms with E-state index in [4.69, 9.17) is 5.73 Å². The Morgan fingerprint density at radius 1 is 1.50 bits per heavy atom. The standard InChI is InChI=1S/C11H10N4O2S/c12-11-13-5-7(18-11)6-14-15-10(17)8-3-1-2-4-9(8)16/h1-6,16H,(H2,12,13)(H,15,17)/b14-6+. The molecule has 1 amide bonds. The number of rotatable bonds is 3. The Kier molecular flexibility index (Phi) is 3.54. The minimum atomic E-state index is -0.484. The number of benzene rings is 1. The van der Waals surface area contributed by atoms with Crippen LogP contribution in [0.3, 0.4) is 0 Å². The monoisotopic (exact) mass is 262 g/mol. The molecule has 0 bridgehead atoms. The van der Waals surface area contributed by atoms with E-state index in [1.54, 1.807) is 18.3 Å². The van der Waals surface area contributed by atoms with Crippen molar-refractivity contribution in [2.45, 2.75) is 0 Å². The predicted molar refractivity (Wildman–Crippen MR) is 69.7 cm³/mol. The van der Waals surface area contributed by atoms with Gasteiger partial charge in [0.1, 0.15) is 5.75 Å². The maximum absolute atomic E-state index is 11.6. The van der Waals surface area contributed by atoms with Crippen LogP contribution >= 0.6 is 11.3 Å². The molecule has 0 aliphatic rings. The first kappa shape index (κ1) is 12.1. The second-order valence-corrected chi connectivity index (χ2v) is 4.41. The van der Waals surface area contributed by atoms with Crippen LogP contribution in [0, 0.1) is 0 Å². The summed E-state index contributed by atoms with van der Waals surface area (Å²) in [6.07, 6.45) is 2.99. The summed E-state index contributed by atoms with van der Waals surface area (Å²) in [6.45, 7) is 0. The molecule has 2 rings (SSSR count). The quantitative estimate of drug-likeness (QED) is 0.571. The maximum atomic E-state index is 11.6. The minimum absolute atomic E-state index is 0.0905.